The van der Waals surface area contributed by atoms with Crippen LogP contribution in [0.4, 0.5) is 0 Å². The second kappa shape index (κ2) is 7.83. The molecule has 0 saturated carbocycles. The average Bonchev–Trinajstić information content (AvgIpc) is 2.44. The number of Topliss-reactive ketones (excluding diaryl/α,β-unsaturated/α-hetero) is 1. The quantitative estimate of drug-likeness (QED) is 0.691. The van der Waals surface area contributed by atoms with Crippen molar-refractivity contribution in [2.24, 2.45) is 5.92 Å². The van der Waals surface area contributed by atoms with Gasteiger partial charge in [0.05, 0.1) is 0 Å². The van der Waals surface area contributed by atoms with E-state index in [4.69, 9.17) is 0 Å². The third kappa shape index (κ3) is 5.64. The van der Waals surface area contributed by atoms with Gasteiger partial charge in [-0.05, 0) is 58.2 Å². The summed E-state index contributed by atoms with van der Waals surface area (Å²) in [5, 5.41) is 0. The third-order valence-corrected chi connectivity index (χ3v) is 3.64. The van der Waals surface area contributed by atoms with Crippen LogP contribution >= 0.6 is 0 Å². The molecule has 0 N–H and O–H groups in total. The number of carbonyl (C=O) groups excluding carboxylic acids is 1. The first kappa shape index (κ1) is 13.7. The summed E-state index contributed by atoms with van der Waals surface area (Å²) in [4.78, 5) is 13.4. The fourth-order valence-corrected chi connectivity index (χ4v) is 2.70. The summed E-state index contributed by atoms with van der Waals surface area (Å²) in [6, 6.07) is 0. The molecule has 1 aliphatic rings. The maximum atomic E-state index is 10.9. The molecule has 0 spiro atoms. The van der Waals surface area contributed by atoms with Crippen LogP contribution in [0.25, 0.3) is 0 Å². The molecular formula is C14H27NO. The molecule has 0 radical (unpaired) electrons. The monoisotopic (exact) mass is 225 g/mol. The minimum atomic E-state index is 0.332. The highest BCUT2D eigenvalue weighted by atomic mass is 16.1. The van der Waals surface area contributed by atoms with Gasteiger partial charge in [0, 0.05) is 6.42 Å². The van der Waals surface area contributed by atoms with E-state index in [-0.39, 0.29) is 0 Å². The lowest BCUT2D eigenvalue weighted by Crippen LogP contribution is -2.26. The summed E-state index contributed by atoms with van der Waals surface area (Å²) in [5.74, 6) is 1.29. The van der Waals surface area contributed by atoms with Gasteiger partial charge in [-0.1, -0.05) is 19.8 Å². The summed E-state index contributed by atoms with van der Waals surface area (Å²) < 4.78 is 0. The molecule has 1 rings (SSSR count). The van der Waals surface area contributed by atoms with Crippen LogP contribution < -0.4 is 0 Å². The van der Waals surface area contributed by atoms with Crippen molar-refractivity contribution in [2.75, 3.05) is 19.6 Å². The van der Waals surface area contributed by atoms with Crippen molar-refractivity contribution in [3.63, 3.8) is 0 Å². The van der Waals surface area contributed by atoms with E-state index in [1.54, 1.807) is 6.92 Å². The van der Waals surface area contributed by atoms with Crippen LogP contribution in [0.15, 0.2) is 0 Å². The van der Waals surface area contributed by atoms with Crippen LogP contribution in [0.1, 0.15) is 58.8 Å². The zero-order valence-electron chi connectivity index (χ0n) is 11.0. The van der Waals surface area contributed by atoms with E-state index < -0.39 is 0 Å². The normalized spacial score (nSPS) is 23.0. The molecule has 1 heterocycles. The Morgan fingerprint density at radius 2 is 2.12 bits per heavy atom. The maximum absolute atomic E-state index is 10.9. The number of ketones is 1. The van der Waals surface area contributed by atoms with Crippen LogP contribution in [0.3, 0.4) is 0 Å². The van der Waals surface area contributed by atoms with Crippen LogP contribution in [-0.2, 0) is 4.79 Å². The summed E-state index contributed by atoms with van der Waals surface area (Å²) in [5.41, 5.74) is 0. The highest BCUT2D eigenvalue weighted by molar-refractivity contribution is 5.75. The molecule has 2 heteroatoms. The van der Waals surface area contributed by atoms with Gasteiger partial charge in [0.25, 0.3) is 0 Å². The SMILES string of the molecule is CCCC1CCCN(CCCC(C)=O)CC1. The van der Waals surface area contributed by atoms with Gasteiger partial charge in [0.1, 0.15) is 5.78 Å². The van der Waals surface area contributed by atoms with Gasteiger partial charge in [-0.15, -0.1) is 0 Å². The van der Waals surface area contributed by atoms with Gasteiger partial charge < -0.3 is 9.69 Å². The minimum absolute atomic E-state index is 0.332. The number of hydrogen-bond donors (Lipinski definition) is 0. The van der Waals surface area contributed by atoms with Gasteiger partial charge in [-0.2, -0.15) is 0 Å². The van der Waals surface area contributed by atoms with Gasteiger partial charge >= 0.3 is 0 Å². The molecule has 2 nitrogen and oxygen atoms in total. The molecule has 0 aromatic carbocycles. The molecule has 94 valence electrons. The number of rotatable bonds is 6. The summed E-state index contributed by atoms with van der Waals surface area (Å²) in [6.45, 7) is 7.61. The molecule has 1 saturated heterocycles. The summed E-state index contributed by atoms with van der Waals surface area (Å²) >= 11 is 0. The summed E-state index contributed by atoms with van der Waals surface area (Å²) in [6.07, 6.45) is 8.68. The van der Waals surface area contributed by atoms with Gasteiger partial charge in [0.2, 0.25) is 0 Å². The molecule has 0 amide bonds. The first-order chi connectivity index (χ1) is 7.72. The Kier molecular flexibility index (Phi) is 6.70. The smallest absolute Gasteiger partial charge is 0.129 e. The Morgan fingerprint density at radius 3 is 2.81 bits per heavy atom. The van der Waals surface area contributed by atoms with E-state index >= 15 is 0 Å². The van der Waals surface area contributed by atoms with E-state index in [9.17, 15) is 4.79 Å². The Bertz CT molecular complexity index is 203. The molecule has 1 atom stereocenters. The first-order valence-corrected chi connectivity index (χ1v) is 6.94. The van der Waals surface area contributed by atoms with Gasteiger partial charge in [-0.3, -0.25) is 0 Å². The number of hydrogen-bond acceptors (Lipinski definition) is 2. The van der Waals surface area contributed by atoms with Gasteiger partial charge in [-0.25, -0.2) is 0 Å². The topological polar surface area (TPSA) is 20.3 Å². The highest BCUT2D eigenvalue weighted by Crippen LogP contribution is 2.21. The lowest BCUT2D eigenvalue weighted by molar-refractivity contribution is -0.117. The Balaban J connectivity index is 2.17. The standard InChI is InChI=1S/C14H27NO/c1-3-6-14-8-5-11-15(12-9-14)10-4-7-13(2)16/h14H,3-12H2,1-2H3. The van der Waals surface area contributed by atoms with Crippen LogP contribution in [0.5, 0.6) is 0 Å². The second-order valence-electron chi connectivity index (χ2n) is 5.23. The zero-order valence-corrected chi connectivity index (χ0v) is 11.0. The van der Waals surface area contributed by atoms with E-state index in [0.29, 0.717) is 5.78 Å². The number of likely N-dealkylation sites (tertiary alicyclic amines) is 1. The Morgan fingerprint density at radius 1 is 1.31 bits per heavy atom. The predicted molar refractivity (Wildman–Crippen MR) is 68.6 cm³/mol. The largest absolute Gasteiger partial charge is 0.303 e. The van der Waals surface area contributed by atoms with E-state index in [1.807, 2.05) is 0 Å². The molecule has 0 bridgehead atoms. The number of nitrogens with zero attached hydrogens (tertiary/aromatic N) is 1. The van der Waals surface area contributed by atoms with Crippen molar-refractivity contribution < 1.29 is 4.79 Å². The minimum Gasteiger partial charge on any atom is -0.303 e. The predicted octanol–water partition coefficient (Wildman–Crippen LogP) is 3.26. The first-order valence-electron chi connectivity index (χ1n) is 6.94. The number of carbonyl (C=O) groups is 1. The van der Waals surface area contributed by atoms with E-state index in [0.717, 1.165) is 25.3 Å². The molecule has 0 aromatic rings. The molecular weight excluding hydrogens is 198 g/mol. The van der Waals surface area contributed by atoms with Crippen molar-refractivity contribution in [2.45, 2.75) is 58.8 Å². The Hall–Kier alpha value is -0.370. The van der Waals surface area contributed by atoms with E-state index in [1.165, 1.54) is 45.2 Å². The van der Waals surface area contributed by atoms with Crippen molar-refractivity contribution >= 4 is 5.78 Å². The highest BCUT2D eigenvalue weighted by Gasteiger charge is 2.15. The van der Waals surface area contributed by atoms with Crippen molar-refractivity contribution in [1.82, 2.24) is 4.90 Å². The lowest BCUT2D eigenvalue weighted by Gasteiger charge is -2.19. The van der Waals surface area contributed by atoms with Gasteiger partial charge in [0.15, 0.2) is 0 Å². The Labute approximate surface area is 100 Å². The van der Waals surface area contributed by atoms with Crippen LogP contribution in [0.2, 0.25) is 0 Å². The summed E-state index contributed by atoms with van der Waals surface area (Å²) in [7, 11) is 0. The molecule has 0 aliphatic carbocycles. The van der Waals surface area contributed by atoms with Crippen molar-refractivity contribution in [3.8, 4) is 0 Å². The maximum Gasteiger partial charge on any atom is 0.129 e. The van der Waals surface area contributed by atoms with E-state index in [2.05, 4.69) is 11.8 Å². The fraction of sp³-hybridized carbons (Fsp3) is 0.929. The molecule has 16 heavy (non-hydrogen) atoms. The van der Waals surface area contributed by atoms with Crippen LogP contribution in [-0.4, -0.2) is 30.3 Å². The second-order valence-corrected chi connectivity index (χ2v) is 5.23. The van der Waals surface area contributed by atoms with Crippen molar-refractivity contribution in [1.29, 1.82) is 0 Å². The third-order valence-electron chi connectivity index (χ3n) is 3.64. The molecule has 1 fully saturated rings. The fourth-order valence-electron chi connectivity index (χ4n) is 2.70. The zero-order chi connectivity index (χ0) is 11.8. The molecule has 1 unspecified atom stereocenters. The lowest BCUT2D eigenvalue weighted by atomic mass is 9.96. The molecule has 0 aromatic heterocycles. The van der Waals surface area contributed by atoms with Crippen LogP contribution in [0, 0.1) is 5.92 Å². The van der Waals surface area contributed by atoms with Crippen molar-refractivity contribution in [3.05, 3.63) is 0 Å². The molecule has 1 aliphatic heterocycles. The average molecular weight is 225 g/mol.